The smallest absolute Gasteiger partial charge is 0.311 e. The van der Waals surface area contributed by atoms with Crippen LogP contribution in [0.4, 0.5) is 0 Å². The molecule has 3 rings (SSSR count). The van der Waals surface area contributed by atoms with Gasteiger partial charge >= 0.3 is 5.97 Å². The lowest BCUT2D eigenvalue weighted by molar-refractivity contribution is -0.157. The van der Waals surface area contributed by atoms with Crippen molar-refractivity contribution in [3.8, 4) is 0 Å². The molecule has 0 saturated carbocycles. The molecule has 2 saturated heterocycles. The average molecular weight is 331 g/mol. The first-order valence-corrected chi connectivity index (χ1v) is 8.50. The molecule has 1 aromatic carbocycles. The number of carbonyl (C=O) groups excluding carboxylic acids is 1. The number of carboxylic acids is 1. The van der Waals surface area contributed by atoms with Crippen molar-refractivity contribution in [2.75, 3.05) is 26.3 Å². The first-order valence-electron chi connectivity index (χ1n) is 8.50. The maximum atomic E-state index is 12.8. The summed E-state index contributed by atoms with van der Waals surface area (Å²) in [6.45, 7) is 5.79. The minimum absolute atomic E-state index is 0.0267. The molecular weight excluding hydrogens is 306 g/mol. The van der Waals surface area contributed by atoms with Crippen molar-refractivity contribution in [1.82, 2.24) is 4.90 Å². The highest BCUT2D eigenvalue weighted by atomic mass is 16.5. The largest absolute Gasteiger partial charge is 0.481 e. The third kappa shape index (κ3) is 2.93. The van der Waals surface area contributed by atoms with Gasteiger partial charge in [0.1, 0.15) is 0 Å². The van der Waals surface area contributed by atoms with Crippen LogP contribution in [0.1, 0.15) is 32.3 Å². The van der Waals surface area contributed by atoms with Gasteiger partial charge < -0.3 is 14.7 Å². The average Bonchev–Trinajstić information content (AvgIpc) is 2.96. The van der Waals surface area contributed by atoms with Gasteiger partial charge in [-0.25, -0.2) is 0 Å². The summed E-state index contributed by atoms with van der Waals surface area (Å²) in [5.74, 6) is -0.875. The molecule has 0 bridgehead atoms. The summed E-state index contributed by atoms with van der Waals surface area (Å²) in [7, 11) is 0. The maximum Gasteiger partial charge on any atom is 0.311 e. The van der Waals surface area contributed by atoms with Gasteiger partial charge in [0, 0.05) is 32.0 Å². The number of benzene rings is 1. The van der Waals surface area contributed by atoms with E-state index in [2.05, 4.69) is 13.8 Å². The molecule has 2 heterocycles. The van der Waals surface area contributed by atoms with Gasteiger partial charge in [0.05, 0.1) is 12.0 Å². The van der Waals surface area contributed by atoms with E-state index < -0.39 is 11.4 Å². The molecule has 0 radical (unpaired) electrons. The highest BCUT2D eigenvalue weighted by Crippen LogP contribution is 2.43. The van der Waals surface area contributed by atoms with Gasteiger partial charge in [-0.1, -0.05) is 44.2 Å². The van der Waals surface area contributed by atoms with Gasteiger partial charge in [-0.05, 0) is 17.4 Å². The maximum absolute atomic E-state index is 12.8. The first-order chi connectivity index (χ1) is 11.3. The number of carbonyl (C=O) groups is 2. The normalized spacial score (nSPS) is 26.9. The van der Waals surface area contributed by atoms with Crippen LogP contribution in [0, 0.1) is 11.3 Å². The van der Waals surface area contributed by atoms with Crippen molar-refractivity contribution >= 4 is 11.9 Å². The fourth-order valence-corrected chi connectivity index (χ4v) is 3.97. The lowest BCUT2D eigenvalue weighted by atomic mass is 9.74. The minimum Gasteiger partial charge on any atom is -0.481 e. The minimum atomic E-state index is -0.829. The highest BCUT2D eigenvalue weighted by molar-refractivity contribution is 5.82. The van der Waals surface area contributed by atoms with Crippen LogP contribution < -0.4 is 0 Å². The molecule has 2 fully saturated rings. The molecule has 2 atom stereocenters. The van der Waals surface area contributed by atoms with Gasteiger partial charge in [0.25, 0.3) is 0 Å². The quantitative estimate of drug-likeness (QED) is 0.919. The van der Waals surface area contributed by atoms with Crippen LogP contribution in [-0.2, 0) is 19.7 Å². The molecule has 2 aliphatic rings. The van der Waals surface area contributed by atoms with E-state index in [-0.39, 0.29) is 17.2 Å². The Kier molecular flexibility index (Phi) is 4.38. The summed E-state index contributed by atoms with van der Waals surface area (Å²) < 4.78 is 5.46. The Morgan fingerprint density at radius 2 is 2.04 bits per heavy atom. The van der Waals surface area contributed by atoms with Crippen LogP contribution in [0.2, 0.25) is 0 Å². The molecule has 24 heavy (non-hydrogen) atoms. The van der Waals surface area contributed by atoms with Gasteiger partial charge in [0.2, 0.25) is 5.91 Å². The Labute approximate surface area is 142 Å². The van der Waals surface area contributed by atoms with Crippen molar-refractivity contribution in [1.29, 1.82) is 0 Å². The number of fused-ring (bicyclic) bond motifs is 1. The fourth-order valence-electron chi connectivity index (χ4n) is 3.97. The topological polar surface area (TPSA) is 66.8 Å². The SMILES string of the molecule is CC(C)(CC(=O)N1C[C@H]2COCC[C@@]2(C(=O)O)C1)c1ccccc1. The van der Waals surface area contributed by atoms with Gasteiger partial charge in [-0.2, -0.15) is 0 Å². The molecule has 1 aromatic rings. The second-order valence-electron chi connectivity index (χ2n) is 7.68. The van der Waals surface area contributed by atoms with Crippen molar-refractivity contribution < 1.29 is 19.4 Å². The Bertz CT molecular complexity index is 628. The van der Waals surface area contributed by atoms with Crippen LogP contribution >= 0.6 is 0 Å². The monoisotopic (exact) mass is 331 g/mol. The molecule has 1 N–H and O–H groups in total. The zero-order chi connectivity index (χ0) is 17.4. The van der Waals surface area contributed by atoms with E-state index in [1.165, 1.54) is 0 Å². The van der Waals surface area contributed by atoms with Crippen molar-refractivity contribution in [3.05, 3.63) is 35.9 Å². The van der Waals surface area contributed by atoms with Crippen LogP contribution in [0.15, 0.2) is 30.3 Å². The standard InChI is InChI=1S/C19H25NO4/c1-18(2,14-6-4-3-5-7-14)10-16(21)20-11-15-12-24-9-8-19(15,13-20)17(22)23/h3-7,15H,8-13H2,1-2H3,(H,22,23)/t15-,19+/m0/s1. The van der Waals surface area contributed by atoms with E-state index in [9.17, 15) is 14.7 Å². The Balaban J connectivity index is 1.73. The lowest BCUT2D eigenvalue weighted by Gasteiger charge is -2.34. The van der Waals surface area contributed by atoms with Crippen molar-refractivity contribution in [3.63, 3.8) is 0 Å². The number of amides is 1. The van der Waals surface area contributed by atoms with E-state index in [4.69, 9.17) is 4.74 Å². The summed E-state index contributed by atoms with van der Waals surface area (Å²) >= 11 is 0. The molecule has 0 spiro atoms. The molecule has 0 aromatic heterocycles. The number of likely N-dealkylation sites (tertiary alicyclic amines) is 1. The molecule has 5 nitrogen and oxygen atoms in total. The number of nitrogens with zero attached hydrogens (tertiary/aromatic N) is 1. The summed E-state index contributed by atoms with van der Waals surface area (Å²) in [6.07, 6.45) is 0.860. The van der Waals surface area contributed by atoms with E-state index in [0.717, 1.165) is 5.56 Å². The van der Waals surface area contributed by atoms with Gasteiger partial charge in [-0.3, -0.25) is 9.59 Å². The third-order valence-corrected chi connectivity index (χ3v) is 5.63. The molecule has 130 valence electrons. The van der Waals surface area contributed by atoms with Crippen LogP contribution in [0.25, 0.3) is 0 Å². The predicted octanol–water partition coefficient (Wildman–Crippen LogP) is 2.30. The van der Waals surface area contributed by atoms with Crippen LogP contribution in [-0.4, -0.2) is 48.2 Å². The first kappa shape index (κ1) is 17.0. The van der Waals surface area contributed by atoms with Crippen LogP contribution in [0.3, 0.4) is 0 Å². The second kappa shape index (κ2) is 6.20. The number of hydrogen-bond acceptors (Lipinski definition) is 3. The van der Waals surface area contributed by atoms with Crippen molar-refractivity contribution in [2.24, 2.45) is 11.3 Å². The molecule has 0 aliphatic carbocycles. The number of rotatable bonds is 4. The van der Waals surface area contributed by atoms with Gasteiger partial charge in [-0.15, -0.1) is 0 Å². The zero-order valence-electron chi connectivity index (χ0n) is 14.3. The van der Waals surface area contributed by atoms with E-state index >= 15 is 0 Å². The summed E-state index contributed by atoms with van der Waals surface area (Å²) in [5, 5.41) is 9.72. The fraction of sp³-hybridized carbons (Fsp3) is 0.579. The van der Waals surface area contributed by atoms with Gasteiger partial charge in [0.15, 0.2) is 0 Å². The molecule has 0 unspecified atom stereocenters. The summed E-state index contributed by atoms with van der Waals surface area (Å²) in [4.78, 5) is 26.4. The highest BCUT2D eigenvalue weighted by Gasteiger charge is 2.55. The van der Waals surface area contributed by atoms with Crippen LogP contribution in [0.5, 0.6) is 0 Å². The summed E-state index contributed by atoms with van der Waals surface area (Å²) in [6, 6.07) is 9.97. The molecule has 2 aliphatic heterocycles. The molecule has 1 amide bonds. The third-order valence-electron chi connectivity index (χ3n) is 5.63. The van der Waals surface area contributed by atoms with E-state index in [1.807, 2.05) is 30.3 Å². The molecule has 5 heteroatoms. The Morgan fingerprint density at radius 1 is 1.33 bits per heavy atom. The number of aliphatic carboxylic acids is 1. The zero-order valence-corrected chi connectivity index (χ0v) is 14.3. The van der Waals surface area contributed by atoms with E-state index in [1.54, 1.807) is 4.90 Å². The lowest BCUT2D eigenvalue weighted by Crippen LogP contribution is -2.45. The van der Waals surface area contributed by atoms with E-state index in [0.29, 0.717) is 39.1 Å². The Morgan fingerprint density at radius 3 is 2.67 bits per heavy atom. The van der Waals surface area contributed by atoms with Crippen molar-refractivity contribution in [2.45, 2.75) is 32.1 Å². The summed E-state index contributed by atoms with van der Waals surface area (Å²) in [5.41, 5.74) is 0.00954. The number of carboxylic acid groups (broad SMARTS) is 1. The Hall–Kier alpha value is -1.88. The second-order valence-corrected chi connectivity index (χ2v) is 7.68. The number of hydrogen-bond donors (Lipinski definition) is 1. The predicted molar refractivity (Wildman–Crippen MR) is 89.7 cm³/mol. The number of ether oxygens (including phenoxy) is 1. The molecular formula is C19H25NO4.